The minimum absolute atomic E-state index is 0.0205. The molecule has 1 aliphatic carbocycles. The van der Waals surface area contributed by atoms with Gasteiger partial charge in [-0.1, -0.05) is 6.07 Å². The number of ether oxygens (including phenoxy) is 1. The van der Waals surface area contributed by atoms with Crippen LogP contribution < -0.4 is 10.3 Å². The highest BCUT2D eigenvalue weighted by atomic mass is 16.5. The lowest BCUT2D eigenvalue weighted by Gasteiger charge is -2.13. The molecule has 128 valence electrons. The Morgan fingerprint density at radius 3 is 2.68 bits per heavy atom. The Balaban J connectivity index is 1.75. The van der Waals surface area contributed by atoms with Gasteiger partial charge in [-0.3, -0.25) is 9.89 Å². The second-order valence-electron chi connectivity index (χ2n) is 6.77. The Morgan fingerprint density at radius 2 is 2.00 bits per heavy atom. The van der Waals surface area contributed by atoms with Crippen LogP contribution in [0.3, 0.4) is 0 Å². The van der Waals surface area contributed by atoms with Gasteiger partial charge < -0.3 is 9.30 Å². The molecule has 0 radical (unpaired) electrons. The first-order valence-electron chi connectivity index (χ1n) is 8.56. The average Bonchev–Trinajstić information content (AvgIpc) is 3.34. The molecular formula is C20H21N3O2. The highest BCUT2D eigenvalue weighted by Gasteiger charge is 2.23. The van der Waals surface area contributed by atoms with E-state index in [0.717, 1.165) is 40.4 Å². The summed E-state index contributed by atoms with van der Waals surface area (Å²) in [7, 11) is 1.76. The monoisotopic (exact) mass is 335 g/mol. The smallest absolute Gasteiger partial charge is 0.250 e. The fraction of sp³-hybridized carbons (Fsp3) is 0.300. The first-order valence-corrected chi connectivity index (χ1v) is 8.56. The summed E-state index contributed by atoms with van der Waals surface area (Å²) in [5.74, 6) is 1.51. The van der Waals surface area contributed by atoms with Gasteiger partial charge in [-0.15, -0.1) is 0 Å². The Kier molecular flexibility index (Phi) is 3.92. The van der Waals surface area contributed by atoms with Crippen LogP contribution in [0.15, 0.2) is 47.4 Å². The molecule has 2 heterocycles. The molecule has 3 aromatic rings. The molecule has 0 atom stereocenters. The van der Waals surface area contributed by atoms with Crippen molar-refractivity contribution in [3.63, 3.8) is 0 Å². The van der Waals surface area contributed by atoms with Crippen molar-refractivity contribution in [2.45, 2.75) is 19.8 Å². The number of aromatic amines is 1. The first kappa shape index (κ1) is 15.7. The molecule has 0 bridgehead atoms. The third-order valence-electron chi connectivity index (χ3n) is 4.55. The maximum absolute atomic E-state index is 11.7. The van der Waals surface area contributed by atoms with Gasteiger partial charge in [-0.25, -0.2) is 0 Å². The van der Waals surface area contributed by atoms with Gasteiger partial charge in [-0.05, 0) is 49.9 Å². The normalized spacial score (nSPS) is 13.8. The van der Waals surface area contributed by atoms with Gasteiger partial charge in [-0.2, -0.15) is 5.10 Å². The van der Waals surface area contributed by atoms with E-state index in [-0.39, 0.29) is 5.56 Å². The predicted molar refractivity (Wildman–Crippen MR) is 97.7 cm³/mol. The Labute approximate surface area is 146 Å². The summed E-state index contributed by atoms with van der Waals surface area (Å²) in [5, 5.41) is 7.31. The largest absolute Gasteiger partial charge is 0.493 e. The van der Waals surface area contributed by atoms with Crippen LogP contribution in [-0.2, 0) is 7.05 Å². The number of aryl methyl sites for hydroxylation is 2. The molecule has 0 unspecified atom stereocenters. The molecule has 1 aromatic carbocycles. The standard InChI is InChI=1S/C20H21N3O2/c1-13-9-18(22-21-13)15-5-7-17(16-6-8-20(24)23(2)11-16)19(10-15)25-12-14-3-4-14/h5-11,14H,3-4,12H2,1-2H3,(H,21,22). The molecule has 0 amide bonds. The molecular weight excluding hydrogens is 314 g/mol. The zero-order valence-electron chi connectivity index (χ0n) is 14.5. The molecule has 1 N–H and O–H groups in total. The van der Waals surface area contributed by atoms with Crippen molar-refractivity contribution in [2.24, 2.45) is 13.0 Å². The van der Waals surface area contributed by atoms with Gasteiger partial charge in [0, 0.05) is 41.7 Å². The number of hydrogen-bond donors (Lipinski definition) is 1. The molecule has 1 aliphatic rings. The summed E-state index contributed by atoms with van der Waals surface area (Å²) in [5.41, 5.74) is 4.89. The minimum atomic E-state index is -0.0205. The first-order chi connectivity index (χ1) is 12.1. The topological polar surface area (TPSA) is 59.9 Å². The molecule has 25 heavy (non-hydrogen) atoms. The van der Waals surface area contributed by atoms with Crippen molar-refractivity contribution in [3.05, 3.63) is 58.6 Å². The van der Waals surface area contributed by atoms with E-state index >= 15 is 0 Å². The van der Waals surface area contributed by atoms with Crippen LogP contribution in [-0.4, -0.2) is 21.4 Å². The molecule has 0 spiro atoms. The number of rotatable bonds is 5. The van der Waals surface area contributed by atoms with E-state index < -0.39 is 0 Å². The third-order valence-corrected chi connectivity index (χ3v) is 4.55. The summed E-state index contributed by atoms with van der Waals surface area (Å²) < 4.78 is 7.72. The van der Waals surface area contributed by atoms with E-state index in [4.69, 9.17) is 4.74 Å². The zero-order valence-corrected chi connectivity index (χ0v) is 14.5. The highest BCUT2D eigenvalue weighted by Crippen LogP contribution is 2.36. The van der Waals surface area contributed by atoms with E-state index in [2.05, 4.69) is 10.2 Å². The quantitative estimate of drug-likeness (QED) is 0.776. The number of nitrogens with one attached hydrogen (secondary N) is 1. The number of benzene rings is 1. The molecule has 1 fully saturated rings. The van der Waals surface area contributed by atoms with Crippen LogP contribution in [0.5, 0.6) is 5.75 Å². The van der Waals surface area contributed by atoms with Crippen molar-refractivity contribution in [3.8, 4) is 28.1 Å². The second kappa shape index (κ2) is 6.24. The molecule has 4 rings (SSSR count). The van der Waals surface area contributed by atoms with Gasteiger partial charge in [0.25, 0.3) is 0 Å². The summed E-state index contributed by atoms with van der Waals surface area (Å²) in [6.45, 7) is 2.72. The number of pyridine rings is 1. The highest BCUT2D eigenvalue weighted by molar-refractivity contribution is 5.75. The van der Waals surface area contributed by atoms with Crippen LogP contribution >= 0.6 is 0 Å². The van der Waals surface area contributed by atoms with E-state index in [0.29, 0.717) is 5.92 Å². The fourth-order valence-electron chi connectivity index (χ4n) is 2.85. The van der Waals surface area contributed by atoms with E-state index in [1.165, 1.54) is 12.8 Å². The Bertz CT molecular complexity index is 967. The Hall–Kier alpha value is -2.82. The lowest BCUT2D eigenvalue weighted by Crippen LogP contribution is -2.14. The van der Waals surface area contributed by atoms with E-state index in [1.807, 2.05) is 43.5 Å². The van der Waals surface area contributed by atoms with Crippen molar-refractivity contribution in [1.82, 2.24) is 14.8 Å². The molecule has 0 aliphatic heterocycles. The van der Waals surface area contributed by atoms with Crippen LogP contribution in [0.2, 0.25) is 0 Å². The maximum atomic E-state index is 11.7. The number of aromatic nitrogens is 3. The van der Waals surface area contributed by atoms with E-state index in [9.17, 15) is 4.79 Å². The molecule has 5 nitrogen and oxygen atoms in total. The van der Waals surface area contributed by atoms with Crippen LogP contribution in [0.25, 0.3) is 22.4 Å². The van der Waals surface area contributed by atoms with E-state index in [1.54, 1.807) is 17.7 Å². The lowest BCUT2D eigenvalue weighted by atomic mass is 10.0. The maximum Gasteiger partial charge on any atom is 0.250 e. The summed E-state index contributed by atoms with van der Waals surface area (Å²) in [6, 6.07) is 11.6. The van der Waals surface area contributed by atoms with Gasteiger partial charge in [0.15, 0.2) is 0 Å². The van der Waals surface area contributed by atoms with Crippen LogP contribution in [0, 0.1) is 12.8 Å². The fourth-order valence-corrected chi connectivity index (χ4v) is 2.85. The number of hydrogen-bond acceptors (Lipinski definition) is 3. The SMILES string of the molecule is Cc1cc(-c2ccc(-c3ccc(=O)n(C)c3)c(OCC3CC3)c2)n[nH]1. The van der Waals surface area contributed by atoms with Gasteiger partial charge in [0.2, 0.25) is 5.56 Å². The van der Waals surface area contributed by atoms with Crippen molar-refractivity contribution >= 4 is 0 Å². The van der Waals surface area contributed by atoms with Gasteiger partial charge in [0.05, 0.1) is 12.3 Å². The molecule has 0 saturated heterocycles. The van der Waals surface area contributed by atoms with Crippen LogP contribution in [0.4, 0.5) is 0 Å². The summed E-state index contributed by atoms with van der Waals surface area (Å²) in [6.07, 6.45) is 4.33. The number of nitrogens with zero attached hydrogens (tertiary/aromatic N) is 2. The lowest BCUT2D eigenvalue weighted by molar-refractivity contribution is 0.301. The summed E-state index contributed by atoms with van der Waals surface area (Å²) in [4.78, 5) is 11.7. The van der Waals surface area contributed by atoms with Gasteiger partial charge >= 0.3 is 0 Å². The molecule has 5 heteroatoms. The third kappa shape index (κ3) is 3.36. The zero-order chi connectivity index (χ0) is 17.4. The number of H-pyrrole nitrogens is 1. The summed E-state index contributed by atoms with van der Waals surface area (Å²) >= 11 is 0. The van der Waals surface area contributed by atoms with Crippen molar-refractivity contribution in [2.75, 3.05) is 6.61 Å². The predicted octanol–water partition coefficient (Wildman–Crippen LogP) is 3.54. The van der Waals surface area contributed by atoms with Crippen molar-refractivity contribution < 1.29 is 4.74 Å². The van der Waals surface area contributed by atoms with Crippen LogP contribution in [0.1, 0.15) is 18.5 Å². The molecule has 1 saturated carbocycles. The Morgan fingerprint density at radius 1 is 1.20 bits per heavy atom. The molecule has 2 aromatic heterocycles. The van der Waals surface area contributed by atoms with Gasteiger partial charge in [0.1, 0.15) is 5.75 Å². The second-order valence-corrected chi connectivity index (χ2v) is 6.77. The average molecular weight is 335 g/mol. The minimum Gasteiger partial charge on any atom is -0.493 e. The van der Waals surface area contributed by atoms with Crippen molar-refractivity contribution in [1.29, 1.82) is 0 Å².